The number of aliphatic hydroxyl groups excluding tert-OH is 1. The molecule has 0 bridgehead atoms. The second-order valence-corrected chi connectivity index (χ2v) is 7.05. The lowest BCUT2D eigenvalue weighted by atomic mass is 10.0. The van der Waals surface area contributed by atoms with Crippen molar-refractivity contribution in [1.29, 1.82) is 0 Å². The highest BCUT2D eigenvalue weighted by atomic mass is 16.4. The number of benzene rings is 1. The summed E-state index contributed by atoms with van der Waals surface area (Å²) in [4.78, 5) is 40.3. The van der Waals surface area contributed by atoms with E-state index in [1.807, 2.05) is 0 Å². The molecule has 172 valence electrons. The highest BCUT2D eigenvalue weighted by Crippen LogP contribution is 2.12. The number of guanidine groups is 1. The van der Waals surface area contributed by atoms with Crippen LogP contribution >= 0.6 is 0 Å². The first-order valence-electron chi connectivity index (χ1n) is 9.61. The van der Waals surface area contributed by atoms with Gasteiger partial charge in [-0.2, -0.15) is 0 Å². The van der Waals surface area contributed by atoms with E-state index in [1.165, 1.54) is 19.1 Å². The molecule has 1 aromatic carbocycles. The van der Waals surface area contributed by atoms with Gasteiger partial charge in [0, 0.05) is 13.0 Å². The number of phenols is 1. The second-order valence-electron chi connectivity index (χ2n) is 7.05. The molecule has 0 spiro atoms. The van der Waals surface area contributed by atoms with Crippen molar-refractivity contribution in [2.24, 2.45) is 22.2 Å². The molecule has 0 heterocycles. The van der Waals surface area contributed by atoms with Crippen molar-refractivity contribution in [3.63, 3.8) is 0 Å². The molecular formula is C19H30N6O6. The molecule has 12 heteroatoms. The molecule has 12 nitrogen and oxygen atoms in total. The molecule has 1 rings (SSSR count). The van der Waals surface area contributed by atoms with Gasteiger partial charge in [0.15, 0.2) is 5.96 Å². The second kappa shape index (κ2) is 12.3. The van der Waals surface area contributed by atoms with Crippen LogP contribution in [0.3, 0.4) is 0 Å². The maximum absolute atomic E-state index is 12.8. The largest absolute Gasteiger partial charge is 0.508 e. The van der Waals surface area contributed by atoms with Crippen LogP contribution in [0.1, 0.15) is 25.3 Å². The van der Waals surface area contributed by atoms with Crippen molar-refractivity contribution in [3.05, 3.63) is 29.8 Å². The van der Waals surface area contributed by atoms with Gasteiger partial charge in [-0.25, -0.2) is 4.79 Å². The number of carbonyl (C=O) groups excluding carboxylic acids is 2. The van der Waals surface area contributed by atoms with E-state index in [2.05, 4.69) is 15.6 Å². The summed E-state index contributed by atoms with van der Waals surface area (Å²) >= 11 is 0. The standard InChI is InChI=1S/C19H30N6O6/c1-10(26)15(20)17(29)25-14(9-11-4-6-12(27)7-5-11)16(28)24-13(18(30)31)3-2-8-23-19(21)22/h4-7,10,13-15,26-27H,2-3,8-9,20H2,1H3,(H,24,28)(H,25,29)(H,30,31)(H4,21,22,23)/t10-,13+,14+,15+/m1/s1. The number of aromatic hydroxyl groups is 1. The first-order valence-corrected chi connectivity index (χ1v) is 9.61. The molecule has 0 unspecified atom stereocenters. The van der Waals surface area contributed by atoms with E-state index in [9.17, 15) is 29.7 Å². The van der Waals surface area contributed by atoms with Crippen molar-refractivity contribution < 1.29 is 29.7 Å². The number of aliphatic carboxylic acids is 1. The topological polar surface area (TPSA) is 226 Å². The van der Waals surface area contributed by atoms with Crippen LogP contribution in [-0.2, 0) is 20.8 Å². The summed E-state index contributed by atoms with van der Waals surface area (Å²) < 4.78 is 0. The van der Waals surface area contributed by atoms with Gasteiger partial charge >= 0.3 is 5.97 Å². The fraction of sp³-hybridized carbons (Fsp3) is 0.474. The Kier molecular flexibility index (Phi) is 10.2. The van der Waals surface area contributed by atoms with Crippen molar-refractivity contribution in [1.82, 2.24) is 10.6 Å². The number of carbonyl (C=O) groups is 3. The Balaban J connectivity index is 2.93. The minimum absolute atomic E-state index is 0.00468. The van der Waals surface area contributed by atoms with Crippen LogP contribution in [0.5, 0.6) is 5.75 Å². The van der Waals surface area contributed by atoms with Crippen LogP contribution in [0.15, 0.2) is 29.3 Å². The van der Waals surface area contributed by atoms with Gasteiger partial charge in [0.2, 0.25) is 11.8 Å². The number of hydrogen-bond donors (Lipinski definition) is 8. The fourth-order valence-corrected chi connectivity index (χ4v) is 2.60. The summed E-state index contributed by atoms with van der Waals surface area (Å²) in [6.45, 7) is 1.52. The van der Waals surface area contributed by atoms with E-state index in [1.54, 1.807) is 12.1 Å². The molecule has 1 aromatic rings. The van der Waals surface area contributed by atoms with Gasteiger partial charge in [0.1, 0.15) is 23.9 Å². The smallest absolute Gasteiger partial charge is 0.326 e. The first-order chi connectivity index (χ1) is 14.5. The minimum atomic E-state index is -1.27. The number of rotatable bonds is 12. The summed E-state index contributed by atoms with van der Waals surface area (Å²) in [5.41, 5.74) is 16.7. The number of phenolic OH excluding ortho intramolecular Hbond substituents is 1. The maximum atomic E-state index is 12.8. The summed E-state index contributed by atoms with van der Waals surface area (Å²) in [5.74, 6) is -2.87. The van der Waals surface area contributed by atoms with Gasteiger partial charge in [0.05, 0.1) is 6.10 Å². The lowest BCUT2D eigenvalue weighted by Gasteiger charge is -2.23. The Morgan fingerprint density at radius 1 is 1.06 bits per heavy atom. The lowest BCUT2D eigenvalue weighted by Crippen LogP contribution is -2.57. The van der Waals surface area contributed by atoms with Gasteiger partial charge < -0.3 is 43.2 Å². The molecule has 4 atom stereocenters. The van der Waals surface area contributed by atoms with E-state index < -0.39 is 42.0 Å². The molecule has 11 N–H and O–H groups in total. The predicted molar refractivity (Wildman–Crippen MR) is 113 cm³/mol. The Bertz CT molecular complexity index is 779. The molecule has 2 amide bonds. The zero-order chi connectivity index (χ0) is 23.6. The van der Waals surface area contributed by atoms with E-state index >= 15 is 0 Å². The number of nitrogens with two attached hydrogens (primary N) is 3. The average molecular weight is 438 g/mol. The van der Waals surface area contributed by atoms with Gasteiger partial charge in [-0.15, -0.1) is 0 Å². The van der Waals surface area contributed by atoms with Crippen LogP contribution in [0.2, 0.25) is 0 Å². The average Bonchev–Trinajstić information content (AvgIpc) is 2.69. The van der Waals surface area contributed by atoms with Crippen molar-refractivity contribution in [2.45, 2.75) is 50.4 Å². The molecule has 0 aromatic heterocycles. The third-order valence-electron chi connectivity index (χ3n) is 4.39. The lowest BCUT2D eigenvalue weighted by molar-refractivity contribution is -0.142. The third kappa shape index (κ3) is 9.31. The van der Waals surface area contributed by atoms with E-state index in [0.29, 0.717) is 12.0 Å². The molecule has 0 radical (unpaired) electrons. The number of aliphatic imine (C=N–C) groups is 1. The highest BCUT2D eigenvalue weighted by molar-refractivity contribution is 5.92. The number of carboxylic acids is 1. The molecule has 0 aliphatic heterocycles. The molecular weight excluding hydrogens is 408 g/mol. The zero-order valence-corrected chi connectivity index (χ0v) is 17.2. The van der Waals surface area contributed by atoms with Crippen LogP contribution in [0, 0.1) is 0 Å². The number of hydrogen-bond acceptors (Lipinski definition) is 7. The Labute approximate surface area is 179 Å². The molecule has 0 aliphatic carbocycles. The molecule has 0 saturated carbocycles. The number of nitrogens with zero attached hydrogens (tertiary/aromatic N) is 1. The van der Waals surface area contributed by atoms with Crippen molar-refractivity contribution in [3.8, 4) is 5.75 Å². The van der Waals surface area contributed by atoms with Crippen LogP contribution in [-0.4, -0.2) is 69.8 Å². The van der Waals surface area contributed by atoms with Gasteiger partial charge in [-0.3, -0.25) is 14.6 Å². The summed E-state index contributed by atoms with van der Waals surface area (Å²) in [6.07, 6.45) is -0.785. The van der Waals surface area contributed by atoms with Crippen LogP contribution in [0.25, 0.3) is 0 Å². The van der Waals surface area contributed by atoms with Crippen LogP contribution < -0.4 is 27.8 Å². The number of aliphatic hydroxyl groups is 1. The Hall–Kier alpha value is -3.38. The normalized spacial score (nSPS) is 14.5. The first kappa shape index (κ1) is 25.7. The molecule has 0 fully saturated rings. The molecule has 31 heavy (non-hydrogen) atoms. The minimum Gasteiger partial charge on any atom is -0.508 e. The maximum Gasteiger partial charge on any atom is 0.326 e. The predicted octanol–water partition coefficient (Wildman–Crippen LogP) is -2.25. The van der Waals surface area contributed by atoms with Gasteiger partial charge in [0.25, 0.3) is 0 Å². The zero-order valence-electron chi connectivity index (χ0n) is 17.2. The fourth-order valence-electron chi connectivity index (χ4n) is 2.60. The van der Waals surface area contributed by atoms with Gasteiger partial charge in [-0.1, -0.05) is 12.1 Å². The van der Waals surface area contributed by atoms with E-state index in [0.717, 1.165) is 0 Å². The third-order valence-corrected chi connectivity index (χ3v) is 4.39. The summed E-state index contributed by atoms with van der Waals surface area (Å²) in [7, 11) is 0. The SMILES string of the molecule is C[C@@H](O)[C@H](N)C(=O)N[C@@H](Cc1ccc(O)cc1)C(=O)N[C@@H](CCCN=C(N)N)C(=O)O. The quantitative estimate of drug-likeness (QED) is 0.1000. The monoisotopic (exact) mass is 438 g/mol. The van der Waals surface area contributed by atoms with E-state index in [4.69, 9.17) is 17.2 Å². The van der Waals surface area contributed by atoms with Crippen molar-refractivity contribution >= 4 is 23.7 Å². The summed E-state index contributed by atoms with van der Waals surface area (Å²) in [5, 5.41) is 33.2. The van der Waals surface area contributed by atoms with Crippen LogP contribution in [0.4, 0.5) is 0 Å². The Morgan fingerprint density at radius 2 is 1.65 bits per heavy atom. The molecule has 0 saturated heterocycles. The van der Waals surface area contributed by atoms with E-state index in [-0.39, 0.29) is 31.1 Å². The highest BCUT2D eigenvalue weighted by Gasteiger charge is 2.29. The number of amides is 2. The number of carboxylic acid groups (broad SMARTS) is 1. The molecule has 0 aliphatic rings. The summed E-state index contributed by atoms with van der Waals surface area (Å²) in [6, 6.07) is 2.27. The van der Waals surface area contributed by atoms with Crippen molar-refractivity contribution in [2.75, 3.05) is 6.54 Å². The number of nitrogens with one attached hydrogen (secondary N) is 2. The van der Waals surface area contributed by atoms with Gasteiger partial charge in [-0.05, 0) is 37.5 Å². The Morgan fingerprint density at radius 3 is 2.16 bits per heavy atom.